The molecule has 4 atom stereocenters. The normalized spacial score (nSPS) is 24.4. The Hall–Kier alpha value is -1.31. The molecule has 4 nitrogen and oxygen atoms in total. The van der Waals surface area contributed by atoms with E-state index in [9.17, 15) is 23.1 Å². The lowest BCUT2D eigenvalue weighted by molar-refractivity contribution is -0.170. The smallest absolute Gasteiger partial charge is 0.391 e. The third-order valence-corrected chi connectivity index (χ3v) is 4.55. The molecule has 1 aliphatic rings. The molecule has 0 spiro atoms. The Kier molecular flexibility index (Phi) is 6.11. The number of carbonyl (C=O) groups is 1. The first-order valence-electron chi connectivity index (χ1n) is 7.59. The second-order valence-corrected chi connectivity index (χ2v) is 6.47. The van der Waals surface area contributed by atoms with Crippen molar-refractivity contribution in [1.82, 2.24) is 0 Å². The van der Waals surface area contributed by atoms with Crippen molar-refractivity contribution < 1.29 is 27.8 Å². The van der Waals surface area contributed by atoms with Gasteiger partial charge in [0, 0.05) is 17.5 Å². The van der Waals surface area contributed by atoms with Crippen LogP contribution in [0.5, 0.6) is 0 Å². The fraction of sp³-hybridized carbons (Fsp3) is 0.562. The molecular formula is C16H19ClF3NO3. The Morgan fingerprint density at radius 2 is 2.00 bits per heavy atom. The topological polar surface area (TPSA) is 72.6 Å². The maximum absolute atomic E-state index is 12.6. The summed E-state index contributed by atoms with van der Waals surface area (Å²) in [5.74, 6) is -2.09. The fourth-order valence-corrected chi connectivity index (χ4v) is 3.37. The van der Waals surface area contributed by atoms with Crippen LogP contribution in [0.2, 0.25) is 5.02 Å². The fourth-order valence-electron chi connectivity index (χ4n) is 3.25. The van der Waals surface area contributed by atoms with Gasteiger partial charge >= 0.3 is 12.1 Å². The van der Waals surface area contributed by atoms with E-state index in [1.165, 1.54) is 0 Å². The molecule has 1 aliphatic heterocycles. The van der Waals surface area contributed by atoms with Crippen molar-refractivity contribution in [2.24, 2.45) is 11.7 Å². The van der Waals surface area contributed by atoms with Gasteiger partial charge in [-0.3, -0.25) is 4.79 Å². The van der Waals surface area contributed by atoms with Crippen LogP contribution >= 0.6 is 11.6 Å². The van der Waals surface area contributed by atoms with Gasteiger partial charge in [-0.2, -0.15) is 13.2 Å². The third kappa shape index (κ3) is 5.09. The molecular weight excluding hydrogens is 347 g/mol. The van der Waals surface area contributed by atoms with E-state index in [0.29, 0.717) is 17.0 Å². The van der Waals surface area contributed by atoms with Gasteiger partial charge in [0.25, 0.3) is 0 Å². The predicted molar refractivity (Wildman–Crippen MR) is 82.9 cm³/mol. The lowest BCUT2D eigenvalue weighted by atomic mass is 9.75. The molecule has 4 unspecified atom stereocenters. The highest BCUT2D eigenvalue weighted by Crippen LogP contribution is 2.39. The van der Waals surface area contributed by atoms with Gasteiger partial charge < -0.3 is 15.6 Å². The minimum absolute atomic E-state index is 0.119. The zero-order chi connectivity index (χ0) is 17.9. The summed E-state index contributed by atoms with van der Waals surface area (Å²) in [7, 11) is 0. The van der Waals surface area contributed by atoms with Gasteiger partial charge in [-0.15, -0.1) is 0 Å². The molecule has 0 bridgehead atoms. The molecule has 1 aromatic carbocycles. The van der Waals surface area contributed by atoms with Crippen LogP contribution in [0.3, 0.4) is 0 Å². The number of benzene rings is 1. The predicted octanol–water partition coefficient (Wildman–Crippen LogP) is 3.58. The van der Waals surface area contributed by atoms with Gasteiger partial charge in [0.05, 0.1) is 12.5 Å². The Morgan fingerprint density at radius 1 is 1.38 bits per heavy atom. The lowest BCUT2D eigenvalue weighted by Crippen LogP contribution is -2.43. The molecule has 0 radical (unpaired) electrons. The minimum atomic E-state index is -4.32. The number of nitrogens with two attached hydrogens (primary N) is 1. The number of carboxylic acid groups (broad SMARTS) is 1. The Bertz CT molecular complexity index is 565. The third-order valence-electron chi connectivity index (χ3n) is 4.30. The summed E-state index contributed by atoms with van der Waals surface area (Å²) < 4.78 is 43.0. The number of aliphatic carboxylic acids is 1. The van der Waals surface area contributed by atoms with E-state index in [0.717, 1.165) is 0 Å². The molecule has 0 amide bonds. The van der Waals surface area contributed by atoms with E-state index in [1.807, 2.05) is 0 Å². The standard InChI is InChI=1S/C16H19ClF3NO3/c17-11-3-1-9(2-4-11)13(14(21)15(22)23)10-5-6-24-12(7-10)8-16(18,19)20/h1-4,10,12-14H,5-8,21H2,(H,22,23). The number of hydrogen-bond donors (Lipinski definition) is 2. The van der Waals surface area contributed by atoms with E-state index in [4.69, 9.17) is 22.1 Å². The van der Waals surface area contributed by atoms with Crippen molar-refractivity contribution >= 4 is 17.6 Å². The van der Waals surface area contributed by atoms with Crippen molar-refractivity contribution in [2.75, 3.05) is 6.61 Å². The highest BCUT2D eigenvalue weighted by atomic mass is 35.5. The molecule has 1 saturated heterocycles. The van der Waals surface area contributed by atoms with Crippen LogP contribution < -0.4 is 5.73 Å². The molecule has 1 fully saturated rings. The SMILES string of the molecule is NC(C(=O)O)C(c1ccc(Cl)cc1)C1CCOC(CC(F)(F)F)C1. The molecule has 1 heterocycles. The van der Waals surface area contributed by atoms with Gasteiger partial charge in [0.15, 0.2) is 0 Å². The second-order valence-electron chi connectivity index (χ2n) is 6.04. The Morgan fingerprint density at radius 3 is 2.54 bits per heavy atom. The van der Waals surface area contributed by atoms with Crippen LogP contribution in [0.15, 0.2) is 24.3 Å². The van der Waals surface area contributed by atoms with Gasteiger partial charge in [-0.05, 0) is 36.5 Å². The molecule has 0 aromatic heterocycles. The monoisotopic (exact) mass is 365 g/mol. The average Bonchev–Trinajstić information content (AvgIpc) is 2.48. The van der Waals surface area contributed by atoms with Gasteiger partial charge in [-0.1, -0.05) is 23.7 Å². The highest BCUT2D eigenvalue weighted by Gasteiger charge is 2.40. The quantitative estimate of drug-likeness (QED) is 0.836. The molecule has 0 aliphatic carbocycles. The van der Waals surface area contributed by atoms with Gasteiger partial charge in [0.1, 0.15) is 6.04 Å². The number of carboxylic acids is 1. The van der Waals surface area contributed by atoms with Crippen LogP contribution in [-0.2, 0) is 9.53 Å². The number of rotatable bonds is 5. The molecule has 2 rings (SSSR count). The lowest BCUT2D eigenvalue weighted by Gasteiger charge is -2.36. The zero-order valence-corrected chi connectivity index (χ0v) is 13.6. The Balaban J connectivity index is 2.23. The minimum Gasteiger partial charge on any atom is -0.480 e. The van der Waals surface area contributed by atoms with Crippen LogP contribution in [0.25, 0.3) is 0 Å². The van der Waals surface area contributed by atoms with Crippen molar-refractivity contribution in [3.05, 3.63) is 34.9 Å². The number of halogens is 4. The van der Waals surface area contributed by atoms with Gasteiger partial charge in [-0.25, -0.2) is 0 Å². The van der Waals surface area contributed by atoms with Crippen LogP contribution in [0.1, 0.15) is 30.7 Å². The summed E-state index contributed by atoms with van der Waals surface area (Å²) in [4.78, 5) is 11.4. The van der Waals surface area contributed by atoms with E-state index in [2.05, 4.69) is 0 Å². The molecule has 1 aromatic rings. The van der Waals surface area contributed by atoms with Crippen molar-refractivity contribution in [1.29, 1.82) is 0 Å². The summed E-state index contributed by atoms with van der Waals surface area (Å²) in [5, 5.41) is 9.78. The number of hydrogen-bond acceptors (Lipinski definition) is 3. The summed E-state index contributed by atoms with van der Waals surface area (Å²) in [6.45, 7) is 0.155. The number of ether oxygens (including phenoxy) is 1. The van der Waals surface area contributed by atoms with E-state index in [1.54, 1.807) is 24.3 Å². The zero-order valence-electron chi connectivity index (χ0n) is 12.8. The van der Waals surface area contributed by atoms with E-state index >= 15 is 0 Å². The van der Waals surface area contributed by atoms with Crippen LogP contribution in [-0.4, -0.2) is 36.0 Å². The van der Waals surface area contributed by atoms with Crippen molar-refractivity contribution in [3.8, 4) is 0 Å². The largest absolute Gasteiger partial charge is 0.480 e. The summed E-state index contributed by atoms with van der Waals surface area (Å²) in [6, 6.07) is 5.37. The average molecular weight is 366 g/mol. The first-order valence-corrected chi connectivity index (χ1v) is 7.97. The second kappa shape index (κ2) is 7.72. The molecule has 8 heteroatoms. The van der Waals surface area contributed by atoms with Crippen LogP contribution in [0.4, 0.5) is 13.2 Å². The van der Waals surface area contributed by atoms with E-state index in [-0.39, 0.29) is 18.9 Å². The maximum Gasteiger partial charge on any atom is 0.391 e. The molecule has 3 N–H and O–H groups in total. The van der Waals surface area contributed by atoms with Crippen LogP contribution in [0, 0.1) is 5.92 Å². The number of alkyl halides is 3. The summed E-state index contributed by atoms with van der Waals surface area (Å²) in [6.07, 6.45) is -5.76. The molecule has 24 heavy (non-hydrogen) atoms. The first kappa shape index (κ1) is 19.0. The highest BCUT2D eigenvalue weighted by molar-refractivity contribution is 6.30. The van der Waals surface area contributed by atoms with E-state index < -0.39 is 36.6 Å². The van der Waals surface area contributed by atoms with Crippen molar-refractivity contribution in [2.45, 2.75) is 43.5 Å². The maximum atomic E-state index is 12.6. The summed E-state index contributed by atoms with van der Waals surface area (Å²) in [5.41, 5.74) is 6.50. The van der Waals surface area contributed by atoms with Gasteiger partial charge in [0.2, 0.25) is 0 Å². The molecule has 0 saturated carbocycles. The van der Waals surface area contributed by atoms with Crippen molar-refractivity contribution in [3.63, 3.8) is 0 Å². The summed E-state index contributed by atoms with van der Waals surface area (Å²) >= 11 is 5.85. The first-order chi connectivity index (χ1) is 11.2. The Labute approximate surface area is 142 Å². The molecule has 134 valence electrons.